The van der Waals surface area contributed by atoms with Crippen molar-refractivity contribution in [2.24, 2.45) is 0 Å². The molecule has 10 nitrogen and oxygen atoms in total. The largest absolute Gasteiger partial charge is 0.489 e. The Balaban J connectivity index is 1.81. The Morgan fingerprint density at radius 3 is 2.36 bits per heavy atom. The molecule has 1 aliphatic rings. The third kappa shape index (κ3) is 6.64. The highest BCUT2D eigenvalue weighted by atomic mass is 79.9. The van der Waals surface area contributed by atoms with E-state index in [9.17, 15) is 9.59 Å². The fourth-order valence-corrected chi connectivity index (χ4v) is 4.64. The minimum atomic E-state index is -0.912. The number of pyridine rings is 1. The number of hydrogen-bond acceptors (Lipinski definition) is 9. The number of hydrogen-bond donors (Lipinski definition) is 0. The molecule has 3 aromatic rings. The Bertz CT molecular complexity index is 1410. The molecule has 0 atom stereocenters. The lowest BCUT2D eigenvalue weighted by Gasteiger charge is -2.30. The molecule has 0 N–H and O–H groups in total. The van der Waals surface area contributed by atoms with Crippen molar-refractivity contribution in [3.05, 3.63) is 44.7 Å². The average Bonchev–Trinajstić information content (AvgIpc) is 2.96. The van der Waals surface area contributed by atoms with Gasteiger partial charge in [0.1, 0.15) is 23.6 Å². The van der Waals surface area contributed by atoms with E-state index in [4.69, 9.17) is 37.4 Å². The van der Waals surface area contributed by atoms with Crippen molar-refractivity contribution in [3.63, 3.8) is 0 Å². The number of carbonyl (C=O) groups excluding carboxylic acids is 2. The monoisotopic (exact) mass is 639 g/mol. The summed E-state index contributed by atoms with van der Waals surface area (Å²) in [6, 6.07) is 5.21. The van der Waals surface area contributed by atoms with Crippen molar-refractivity contribution in [3.8, 4) is 5.75 Å². The lowest BCUT2D eigenvalue weighted by molar-refractivity contribution is 0.0428. The van der Waals surface area contributed by atoms with E-state index in [1.54, 1.807) is 59.7 Å². The molecule has 2 aromatic heterocycles. The summed E-state index contributed by atoms with van der Waals surface area (Å²) in [4.78, 5) is 42.5. The Kier molecular flexibility index (Phi) is 8.16. The second-order valence-electron chi connectivity index (χ2n) is 10.8. The van der Waals surface area contributed by atoms with Gasteiger partial charge in [0.25, 0.3) is 0 Å². The van der Waals surface area contributed by atoms with Crippen LogP contribution in [0.4, 0.5) is 21.2 Å². The quantitative estimate of drug-likeness (QED) is 0.275. The molecule has 39 heavy (non-hydrogen) atoms. The summed E-state index contributed by atoms with van der Waals surface area (Å²) in [6.45, 7) is 11.1. The number of carbonyl (C=O) groups is 2. The van der Waals surface area contributed by atoms with Crippen LogP contribution in [0.15, 0.2) is 28.9 Å². The van der Waals surface area contributed by atoms with Gasteiger partial charge in [0, 0.05) is 22.8 Å². The standard InChI is InChI=1S/C26H28BrCl2N5O5/c1-25(2,3)38-23(35)34(24(36)39-26(4,5)6)20-14(8-7-9-30-20)13-33-10-11-37-19-17-16(12-15(27)18(19)28)31-22(29)32-21(17)33/h7-9,12H,10-11,13H2,1-6H3. The fraction of sp³-hybridized carbons (Fsp3) is 0.423. The van der Waals surface area contributed by atoms with E-state index in [1.165, 1.54) is 6.20 Å². The van der Waals surface area contributed by atoms with E-state index >= 15 is 0 Å². The number of benzene rings is 1. The van der Waals surface area contributed by atoms with E-state index in [0.29, 0.717) is 44.1 Å². The molecule has 0 fully saturated rings. The summed E-state index contributed by atoms with van der Waals surface area (Å²) >= 11 is 16.3. The van der Waals surface area contributed by atoms with Crippen LogP contribution in [0.1, 0.15) is 47.1 Å². The highest BCUT2D eigenvalue weighted by molar-refractivity contribution is 9.10. The second kappa shape index (κ2) is 10.9. The summed E-state index contributed by atoms with van der Waals surface area (Å²) in [5.41, 5.74) is -0.660. The molecule has 1 aromatic carbocycles. The number of aromatic nitrogens is 3. The van der Waals surface area contributed by atoms with Crippen LogP contribution in [-0.2, 0) is 16.0 Å². The molecule has 0 aliphatic carbocycles. The van der Waals surface area contributed by atoms with Gasteiger partial charge in [-0.2, -0.15) is 9.88 Å². The molecule has 13 heteroatoms. The summed E-state index contributed by atoms with van der Waals surface area (Å²) < 4.78 is 17.7. The van der Waals surface area contributed by atoms with E-state index < -0.39 is 23.4 Å². The Morgan fingerprint density at radius 1 is 1.10 bits per heavy atom. The number of amides is 2. The van der Waals surface area contributed by atoms with Crippen LogP contribution < -0.4 is 14.5 Å². The summed E-state index contributed by atoms with van der Waals surface area (Å²) in [7, 11) is 0. The van der Waals surface area contributed by atoms with Crippen molar-refractivity contribution < 1.29 is 23.8 Å². The van der Waals surface area contributed by atoms with Gasteiger partial charge in [-0.3, -0.25) is 0 Å². The predicted molar refractivity (Wildman–Crippen MR) is 153 cm³/mol. The van der Waals surface area contributed by atoms with E-state index in [-0.39, 0.29) is 24.3 Å². The molecular weight excluding hydrogens is 613 g/mol. The van der Waals surface area contributed by atoms with Crippen LogP contribution in [0.25, 0.3) is 10.9 Å². The van der Waals surface area contributed by atoms with Crippen molar-refractivity contribution in [2.75, 3.05) is 23.0 Å². The first-order chi connectivity index (χ1) is 18.1. The maximum Gasteiger partial charge on any atom is 0.425 e. The molecule has 2 amide bonds. The Labute approximate surface area is 244 Å². The van der Waals surface area contributed by atoms with Gasteiger partial charge in [-0.25, -0.2) is 19.6 Å². The average molecular weight is 641 g/mol. The van der Waals surface area contributed by atoms with Crippen LogP contribution in [0, 0.1) is 0 Å². The topological polar surface area (TPSA) is 107 Å². The zero-order valence-electron chi connectivity index (χ0n) is 22.3. The van der Waals surface area contributed by atoms with Crippen molar-refractivity contribution >= 4 is 73.9 Å². The van der Waals surface area contributed by atoms with Crippen molar-refractivity contribution in [2.45, 2.75) is 59.3 Å². The molecule has 0 unspecified atom stereocenters. The minimum absolute atomic E-state index is 0.0418. The summed E-state index contributed by atoms with van der Waals surface area (Å²) in [6.07, 6.45) is -0.339. The zero-order valence-corrected chi connectivity index (χ0v) is 25.4. The maximum atomic E-state index is 13.3. The van der Waals surface area contributed by atoms with Crippen LogP contribution in [0.2, 0.25) is 10.3 Å². The fourth-order valence-electron chi connectivity index (χ4n) is 3.87. The maximum absolute atomic E-state index is 13.3. The van der Waals surface area contributed by atoms with Gasteiger partial charge in [-0.05, 0) is 81.2 Å². The second-order valence-corrected chi connectivity index (χ2v) is 12.3. The minimum Gasteiger partial charge on any atom is -0.489 e. The van der Waals surface area contributed by atoms with Crippen LogP contribution in [-0.4, -0.2) is 51.5 Å². The number of anilines is 2. The Hall–Kier alpha value is -2.89. The highest BCUT2D eigenvalue weighted by Gasteiger charge is 2.35. The normalized spacial score (nSPS) is 13.5. The molecule has 0 bridgehead atoms. The van der Waals surface area contributed by atoms with Crippen molar-refractivity contribution in [1.82, 2.24) is 15.0 Å². The Morgan fingerprint density at radius 2 is 1.74 bits per heavy atom. The molecule has 0 spiro atoms. The first-order valence-corrected chi connectivity index (χ1v) is 13.6. The van der Waals surface area contributed by atoms with Crippen molar-refractivity contribution in [1.29, 1.82) is 0 Å². The van der Waals surface area contributed by atoms with Crippen LogP contribution in [0.5, 0.6) is 5.75 Å². The molecule has 0 radical (unpaired) electrons. The lowest BCUT2D eigenvalue weighted by Crippen LogP contribution is -2.45. The van der Waals surface area contributed by atoms with Gasteiger partial charge in [0.15, 0.2) is 11.6 Å². The predicted octanol–water partition coefficient (Wildman–Crippen LogP) is 7.17. The van der Waals surface area contributed by atoms with Gasteiger partial charge < -0.3 is 19.1 Å². The van der Waals surface area contributed by atoms with E-state index in [2.05, 4.69) is 30.9 Å². The van der Waals surface area contributed by atoms with Gasteiger partial charge in [-0.15, -0.1) is 0 Å². The zero-order chi connectivity index (χ0) is 28.7. The van der Waals surface area contributed by atoms with Crippen LogP contribution >= 0.6 is 39.1 Å². The molecule has 4 rings (SSSR count). The molecule has 0 saturated heterocycles. The number of rotatable bonds is 3. The number of imide groups is 1. The number of halogens is 3. The first-order valence-electron chi connectivity index (χ1n) is 12.1. The van der Waals surface area contributed by atoms with Gasteiger partial charge in [0.05, 0.1) is 22.5 Å². The molecule has 0 saturated carbocycles. The smallest absolute Gasteiger partial charge is 0.425 e. The molecule has 1 aliphatic heterocycles. The highest BCUT2D eigenvalue weighted by Crippen LogP contribution is 2.44. The van der Waals surface area contributed by atoms with E-state index in [0.717, 1.165) is 4.90 Å². The first kappa shape index (κ1) is 29.1. The van der Waals surface area contributed by atoms with Gasteiger partial charge in [0.2, 0.25) is 5.28 Å². The lowest BCUT2D eigenvalue weighted by atomic mass is 10.1. The van der Waals surface area contributed by atoms with Gasteiger partial charge >= 0.3 is 12.2 Å². The number of nitrogens with zero attached hydrogens (tertiary/aromatic N) is 5. The molecule has 3 heterocycles. The van der Waals surface area contributed by atoms with Crippen LogP contribution in [0.3, 0.4) is 0 Å². The third-order valence-electron chi connectivity index (χ3n) is 5.29. The molecule has 208 valence electrons. The third-order valence-corrected chi connectivity index (χ3v) is 6.69. The summed E-state index contributed by atoms with van der Waals surface area (Å²) in [5.74, 6) is 0.991. The SMILES string of the molecule is CC(C)(C)OC(=O)N(C(=O)OC(C)(C)C)c1ncccc1CN1CCOc2c(Cl)c(Br)cc3nc(Cl)nc1c23. The van der Waals surface area contributed by atoms with Gasteiger partial charge in [-0.1, -0.05) is 17.7 Å². The molecular formula is C26H28BrCl2N5O5. The number of ether oxygens (including phenoxy) is 3. The summed E-state index contributed by atoms with van der Waals surface area (Å²) in [5, 5.41) is 1.02. The van der Waals surface area contributed by atoms with E-state index in [1.807, 2.05) is 4.90 Å².